The zero-order valence-electron chi connectivity index (χ0n) is 12.1. The number of nitrogens with zero attached hydrogens (tertiary/aromatic N) is 1. The Hall–Kier alpha value is -2.40. The molecule has 0 radical (unpaired) electrons. The van der Waals surface area contributed by atoms with E-state index in [9.17, 15) is 9.59 Å². The van der Waals surface area contributed by atoms with Crippen molar-refractivity contribution in [2.45, 2.75) is 6.92 Å². The van der Waals surface area contributed by atoms with E-state index < -0.39 is 0 Å². The smallest absolute Gasteiger partial charge is 0.252 e. The van der Waals surface area contributed by atoms with E-state index in [-0.39, 0.29) is 11.8 Å². The van der Waals surface area contributed by atoms with Gasteiger partial charge in [-0.05, 0) is 43.3 Å². The van der Waals surface area contributed by atoms with Crippen LogP contribution in [-0.2, 0) is 0 Å². The van der Waals surface area contributed by atoms with Crippen LogP contribution in [0.5, 0.6) is 0 Å². The number of rotatable bonds is 5. The van der Waals surface area contributed by atoms with E-state index in [1.807, 2.05) is 6.92 Å². The monoisotopic (exact) mass is 317 g/mol. The first-order chi connectivity index (χ1) is 10.6. The van der Waals surface area contributed by atoms with Crippen LogP contribution in [0.2, 0.25) is 5.02 Å². The largest absolute Gasteiger partial charge is 0.350 e. The first-order valence-electron chi connectivity index (χ1n) is 6.81. The van der Waals surface area contributed by atoms with Gasteiger partial charge in [0, 0.05) is 35.6 Å². The van der Waals surface area contributed by atoms with Gasteiger partial charge in [-0.2, -0.15) is 0 Å². The van der Waals surface area contributed by atoms with Crippen molar-refractivity contribution in [2.75, 3.05) is 13.1 Å². The molecular formula is C16H16ClN3O2. The molecule has 0 atom stereocenters. The van der Waals surface area contributed by atoms with Crippen molar-refractivity contribution < 1.29 is 9.59 Å². The summed E-state index contributed by atoms with van der Waals surface area (Å²) in [5.41, 5.74) is 1.87. The molecule has 2 N–H and O–H groups in total. The fraction of sp³-hybridized carbons (Fsp3) is 0.188. The van der Waals surface area contributed by atoms with E-state index in [2.05, 4.69) is 15.6 Å². The predicted molar refractivity (Wildman–Crippen MR) is 85.1 cm³/mol. The Bertz CT molecular complexity index is 595. The molecule has 2 aromatic rings. The van der Waals surface area contributed by atoms with Gasteiger partial charge in [0.1, 0.15) is 0 Å². The molecule has 6 heteroatoms. The molecule has 1 aromatic heterocycles. The van der Waals surface area contributed by atoms with Crippen molar-refractivity contribution >= 4 is 23.4 Å². The Labute approximate surface area is 133 Å². The summed E-state index contributed by atoms with van der Waals surface area (Å²) in [6.45, 7) is 2.53. The molecule has 5 nitrogen and oxygen atoms in total. The third-order valence-corrected chi connectivity index (χ3v) is 3.23. The Balaban J connectivity index is 1.74. The second-order valence-corrected chi connectivity index (χ2v) is 5.14. The lowest BCUT2D eigenvalue weighted by Crippen LogP contribution is -2.34. The highest BCUT2D eigenvalue weighted by molar-refractivity contribution is 6.30. The Morgan fingerprint density at radius 2 is 1.50 bits per heavy atom. The second-order valence-electron chi connectivity index (χ2n) is 4.71. The van der Waals surface area contributed by atoms with Gasteiger partial charge in [-0.15, -0.1) is 0 Å². The van der Waals surface area contributed by atoms with Crippen molar-refractivity contribution in [1.29, 1.82) is 0 Å². The van der Waals surface area contributed by atoms with E-state index in [1.165, 1.54) is 6.20 Å². The van der Waals surface area contributed by atoms with E-state index in [0.29, 0.717) is 29.2 Å². The number of nitrogens with one attached hydrogen (secondary N) is 2. The van der Waals surface area contributed by atoms with Crippen molar-refractivity contribution in [1.82, 2.24) is 15.6 Å². The Kier molecular flexibility index (Phi) is 5.49. The van der Waals surface area contributed by atoms with Gasteiger partial charge in [-0.3, -0.25) is 14.6 Å². The Morgan fingerprint density at radius 3 is 2.05 bits per heavy atom. The van der Waals surface area contributed by atoms with Gasteiger partial charge in [0.2, 0.25) is 0 Å². The van der Waals surface area contributed by atoms with Crippen LogP contribution >= 0.6 is 11.6 Å². The van der Waals surface area contributed by atoms with Gasteiger partial charge in [0.15, 0.2) is 0 Å². The van der Waals surface area contributed by atoms with Crippen molar-refractivity contribution in [2.24, 2.45) is 0 Å². The number of benzene rings is 1. The number of hydrogen-bond acceptors (Lipinski definition) is 3. The quantitative estimate of drug-likeness (QED) is 0.831. The number of hydrogen-bond donors (Lipinski definition) is 2. The minimum atomic E-state index is -0.215. The van der Waals surface area contributed by atoms with Gasteiger partial charge in [-0.1, -0.05) is 11.6 Å². The molecule has 0 fully saturated rings. The maximum Gasteiger partial charge on any atom is 0.252 e. The molecule has 0 saturated carbocycles. The third-order valence-electron chi connectivity index (χ3n) is 2.98. The molecular weight excluding hydrogens is 302 g/mol. The maximum absolute atomic E-state index is 11.8. The topological polar surface area (TPSA) is 71.1 Å². The molecule has 0 unspecified atom stereocenters. The molecule has 1 heterocycles. The molecule has 0 saturated heterocycles. The van der Waals surface area contributed by atoms with Gasteiger partial charge in [0.05, 0.1) is 5.56 Å². The number of carbonyl (C=O) groups excluding carboxylic acids is 2. The minimum Gasteiger partial charge on any atom is -0.350 e. The Morgan fingerprint density at radius 1 is 0.955 bits per heavy atom. The van der Waals surface area contributed by atoms with Gasteiger partial charge in [0.25, 0.3) is 11.8 Å². The van der Waals surface area contributed by atoms with Crippen LogP contribution in [0.25, 0.3) is 0 Å². The molecule has 0 aliphatic heterocycles. The van der Waals surface area contributed by atoms with Crippen LogP contribution in [0.15, 0.2) is 42.6 Å². The number of pyridine rings is 1. The predicted octanol–water partition coefficient (Wildman–Crippen LogP) is 2.20. The molecule has 0 bridgehead atoms. The summed E-state index contributed by atoms with van der Waals surface area (Å²) < 4.78 is 0. The molecule has 2 amide bonds. The van der Waals surface area contributed by atoms with Crippen LogP contribution in [0.3, 0.4) is 0 Å². The third kappa shape index (κ3) is 4.56. The zero-order chi connectivity index (χ0) is 15.9. The van der Waals surface area contributed by atoms with Gasteiger partial charge >= 0.3 is 0 Å². The molecule has 0 aliphatic carbocycles. The van der Waals surface area contributed by atoms with Crippen LogP contribution < -0.4 is 10.6 Å². The molecule has 0 spiro atoms. The number of carbonyl (C=O) groups is 2. The molecule has 2 rings (SSSR count). The van der Waals surface area contributed by atoms with Crippen molar-refractivity contribution in [3.05, 3.63) is 64.4 Å². The highest BCUT2D eigenvalue weighted by atomic mass is 35.5. The second kappa shape index (κ2) is 7.56. The SMILES string of the molecule is Cc1ccc(C(=O)NCCNC(=O)c2ccc(Cl)cc2)cn1. The van der Waals surface area contributed by atoms with Crippen LogP contribution in [0.4, 0.5) is 0 Å². The summed E-state index contributed by atoms with van der Waals surface area (Å²) in [6, 6.07) is 10.1. The average Bonchev–Trinajstić information content (AvgIpc) is 2.52. The van der Waals surface area contributed by atoms with Gasteiger partial charge in [-0.25, -0.2) is 0 Å². The highest BCUT2D eigenvalue weighted by Gasteiger charge is 2.06. The number of halogens is 1. The number of aromatic nitrogens is 1. The van der Waals surface area contributed by atoms with Gasteiger partial charge < -0.3 is 10.6 Å². The highest BCUT2D eigenvalue weighted by Crippen LogP contribution is 2.09. The van der Waals surface area contributed by atoms with E-state index in [0.717, 1.165) is 5.69 Å². The van der Waals surface area contributed by atoms with Crippen LogP contribution in [0, 0.1) is 6.92 Å². The number of aryl methyl sites for hydroxylation is 1. The molecule has 0 aliphatic rings. The minimum absolute atomic E-state index is 0.206. The first kappa shape index (κ1) is 16.0. The van der Waals surface area contributed by atoms with Crippen LogP contribution in [0.1, 0.15) is 26.4 Å². The van der Waals surface area contributed by atoms with E-state index in [4.69, 9.17) is 11.6 Å². The lowest BCUT2D eigenvalue weighted by Gasteiger charge is -2.07. The summed E-state index contributed by atoms with van der Waals surface area (Å²) in [6.07, 6.45) is 1.52. The summed E-state index contributed by atoms with van der Waals surface area (Å²) >= 11 is 5.76. The summed E-state index contributed by atoms with van der Waals surface area (Å²) in [5, 5.41) is 6.02. The lowest BCUT2D eigenvalue weighted by molar-refractivity contribution is 0.0927. The van der Waals surface area contributed by atoms with E-state index >= 15 is 0 Å². The fourth-order valence-corrected chi connectivity index (χ4v) is 1.89. The summed E-state index contributed by atoms with van der Waals surface area (Å²) in [7, 11) is 0. The van der Waals surface area contributed by atoms with Crippen molar-refractivity contribution in [3.63, 3.8) is 0 Å². The van der Waals surface area contributed by atoms with E-state index in [1.54, 1.807) is 36.4 Å². The lowest BCUT2D eigenvalue weighted by atomic mass is 10.2. The standard InChI is InChI=1S/C16H16ClN3O2/c1-11-2-3-13(10-20-11)16(22)19-9-8-18-15(21)12-4-6-14(17)7-5-12/h2-7,10H,8-9H2,1H3,(H,18,21)(H,19,22). The maximum atomic E-state index is 11.8. The molecule has 22 heavy (non-hydrogen) atoms. The normalized spacial score (nSPS) is 10.1. The zero-order valence-corrected chi connectivity index (χ0v) is 12.9. The fourth-order valence-electron chi connectivity index (χ4n) is 1.76. The number of amides is 2. The van der Waals surface area contributed by atoms with Crippen molar-refractivity contribution in [3.8, 4) is 0 Å². The summed E-state index contributed by atoms with van der Waals surface area (Å²) in [4.78, 5) is 27.7. The average molecular weight is 318 g/mol. The summed E-state index contributed by atoms with van der Waals surface area (Å²) in [5.74, 6) is -0.420. The first-order valence-corrected chi connectivity index (χ1v) is 7.18. The molecule has 1 aromatic carbocycles. The molecule has 114 valence electrons. The van der Waals surface area contributed by atoms with Crippen LogP contribution in [-0.4, -0.2) is 29.9 Å².